The van der Waals surface area contributed by atoms with Crippen LogP contribution in [0.4, 0.5) is 0 Å². The van der Waals surface area contributed by atoms with E-state index in [4.69, 9.17) is 0 Å². The van der Waals surface area contributed by atoms with Crippen LogP contribution in [-0.2, 0) is 14.4 Å². The fourth-order valence-electron chi connectivity index (χ4n) is 2.30. The molecule has 1 heterocycles. The van der Waals surface area contributed by atoms with Crippen molar-refractivity contribution < 1.29 is 14.4 Å². The first kappa shape index (κ1) is 15.5. The number of carbonyl (C=O) groups is 3. The van der Waals surface area contributed by atoms with Gasteiger partial charge < -0.3 is 15.5 Å². The van der Waals surface area contributed by atoms with Crippen molar-refractivity contribution in [3.8, 4) is 0 Å². The Balaban J connectivity index is 2.67. The first-order valence-electron chi connectivity index (χ1n) is 6.71. The lowest BCUT2D eigenvalue weighted by Crippen LogP contribution is -2.53. The van der Waals surface area contributed by atoms with Crippen LogP contribution in [0.3, 0.4) is 0 Å². The molecule has 2 atom stereocenters. The van der Waals surface area contributed by atoms with E-state index >= 15 is 0 Å². The van der Waals surface area contributed by atoms with Crippen molar-refractivity contribution in [2.45, 2.75) is 58.7 Å². The number of nitrogens with one attached hydrogen (secondary N) is 2. The Labute approximate surface area is 113 Å². The molecule has 1 fully saturated rings. The van der Waals surface area contributed by atoms with E-state index in [2.05, 4.69) is 10.6 Å². The average molecular weight is 269 g/mol. The van der Waals surface area contributed by atoms with Crippen molar-refractivity contribution in [2.75, 3.05) is 6.54 Å². The fourth-order valence-corrected chi connectivity index (χ4v) is 2.30. The predicted molar refractivity (Wildman–Crippen MR) is 71.3 cm³/mol. The molecule has 0 unspecified atom stereocenters. The van der Waals surface area contributed by atoms with E-state index in [9.17, 15) is 14.4 Å². The minimum atomic E-state index is -0.593. The Kier molecular flexibility index (Phi) is 5.32. The van der Waals surface area contributed by atoms with E-state index in [1.54, 1.807) is 11.8 Å². The second kappa shape index (κ2) is 6.54. The van der Waals surface area contributed by atoms with Gasteiger partial charge in [-0.1, -0.05) is 0 Å². The fraction of sp³-hybridized carbons (Fsp3) is 0.769. The second-order valence-corrected chi connectivity index (χ2v) is 5.28. The molecule has 1 saturated heterocycles. The summed E-state index contributed by atoms with van der Waals surface area (Å²) >= 11 is 0. The van der Waals surface area contributed by atoms with E-state index in [1.165, 1.54) is 6.92 Å². The third-order valence-electron chi connectivity index (χ3n) is 3.06. The maximum Gasteiger partial charge on any atom is 0.245 e. The van der Waals surface area contributed by atoms with Crippen molar-refractivity contribution in [3.05, 3.63) is 0 Å². The molecule has 108 valence electrons. The molecule has 0 radical (unpaired) electrons. The standard InChI is InChI=1S/C13H23N3O3/c1-8(2)14-12(18)11-6-5-7-16(11)13(19)9(3)15-10(4)17/h8-9,11H,5-7H2,1-4H3,(H,14,18)(H,15,17)/t9-,11-/m0/s1. The molecular formula is C13H23N3O3. The molecule has 0 aromatic carbocycles. The summed E-state index contributed by atoms with van der Waals surface area (Å²) in [5.74, 6) is -0.560. The lowest BCUT2D eigenvalue weighted by atomic mass is 10.1. The topological polar surface area (TPSA) is 78.5 Å². The molecule has 0 aromatic heterocycles. The van der Waals surface area contributed by atoms with Crippen LogP contribution in [-0.4, -0.2) is 47.3 Å². The Morgan fingerprint density at radius 3 is 2.32 bits per heavy atom. The molecule has 19 heavy (non-hydrogen) atoms. The van der Waals surface area contributed by atoms with Gasteiger partial charge >= 0.3 is 0 Å². The Morgan fingerprint density at radius 2 is 1.79 bits per heavy atom. The molecule has 0 spiro atoms. The summed E-state index contributed by atoms with van der Waals surface area (Å²) in [6.07, 6.45) is 1.49. The zero-order valence-electron chi connectivity index (χ0n) is 12.0. The molecule has 2 N–H and O–H groups in total. The summed E-state index contributed by atoms with van der Waals surface area (Å²) in [6.45, 7) is 7.35. The molecule has 0 saturated carbocycles. The molecule has 0 aromatic rings. The number of rotatable bonds is 4. The predicted octanol–water partition coefficient (Wildman–Crippen LogP) is 0.0266. The van der Waals surface area contributed by atoms with Gasteiger partial charge in [-0.3, -0.25) is 14.4 Å². The van der Waals surface area contributed by atoms with E-state index < -0.39 is 12.1 Å². The van der Waals surface area contributed by atoms with Crippen LogP contribution in [0.2, 0.25) is 0 Å². The third kappa shape index (κ3) is 4.22. The maximum atomic E-state index is 12.2. The third-order valence-corrected chi connectivity index (χ3v) is 3.06. The Morgan fingerprint density at radius 1 is 1.16 bits per heavy atom. The summed E-state index contributed by atoms with van der Waals surface area (Å²) in [5.41, 5.74) is 0. The molecule has 0 aliphatic carbocycles. The van der Waals surface area contributed by atoms with Gasteiger partial charge in [0.2, 0.25) is 17.7 Å². The van der Waals surface area contributed by atoms with E-state index in [0.717, 1.165) is 6.42 Å². The number of hydrogen-bond donors (Lipinski definition) is 2. The highest BCUT2D eigenvalue weighted by Crippen LogP contribution is 2.18. The monoisotopic (exact) mass is 269 g/mol. The Hall–Kier alpha value is -1.59. The van der Waals surface area contributed by atoms with Crippen molar-refractivity contribution in [1.29, 1.82) is 0 Å². The highest BCUT2D eigenvalue weighted by molar-refractivity contribution is 5.92. The van der Waals surface area contributed by atoms with Gasteiger partial charge in [-0.15, -0.1) is 0 Å². The summed E-state index contributed by atoms with van der Waals surface area (Å²) < 4.78 is 0. The first-order chi connectivity index (χ1) is 8.82. The molecule has 3 amide bonds. The lowest BCUT2D eigenvalue weighted by Gasteiger charge is -2.27. The van der Waals surface area contributed by atoms with Crippen molar-refractivity contribution in [1.82, 2.24) is 15.5 Å². The van der Waals surface area contributed by atoms with Crippen LogP contribution >= 0.6 is 0 Å². The lowest BCUT2D eigenvalue weighted by molar-refractivity contribution is -0.141. The zero-order valence-corrected chi connectivity index (χ0v) is 12.0. The van der Waals surface area contributed by atoms with Gasteiger partial charge in [0.05, 0.1) is 0 Å². The SMILES string of the molecule is CC(=O)N[C@@H](C)C(=O)N1CCC[C@H]1C(=O)NC(C)C. The van der Waals surface area contributed by atoms with Crippen molar-refractivity contribution in [2.24, 2.45) is 0 Å². The van der Waals surface area contributed by atoms with E-state index in [-0.39, 0.29) is 23.8 Å². The number of hydrogen-bond acceptors (Lipinski definition) is 3. The second-order valence-electron chi connectivity index (χ2n) is 5.28. The van der Waals surface area contributed by atoms with E-state index in [1.807, 2.05) is 13.8 Å². The maximum absolute atomic E-state index is 12.2. The smallest absolute Gasteiger partial charge is 0.245 e. The van der Waals surface area contributed by atoms with E-state index in [0.29, 0.717) is 13.0 Å². The number of amides is 3. The molecular weight excluding hydrogens is 246 g/mol. The molecule has 1 aliphatic rings. The summed E-state index contributed by atoms with van der Waals surface area (Å²) in [7, 11) is 0. The summed E-state index contributed by atoms with van der Waals surface area (Å²) in [4.78, 5) is 36.8. The van der Waals surface area contributed by atoms with Crippen molar-refractivity contribution in [3.63, 3.8) is 0 Å². The van der Waals surface area contributed by atoms with Gasteiger partial charge in [-0.25, -0.2) is 0 Å². The van der Waals surface area contributed by atoms with Gasteiger partial charge in [-0.2, -0.15) is 0 Å². The summed E-state index contributed by atoms with van der Waals surface area (Å²) in [6, 6.07) is -0.950. The first-order valence-corrected chi connectivity index (χ1v) is 6.71. The number of carbonyl (C=O) groups excluding carboxylic acids is 3. The molecule has 1 rings (SSSR count). The zero-order chi connectivity index (χ0) is 14.6. The van der Waals surface area contributed by atoms with Gasteiger partial charge in [0.25, 0.3) is 0 Å². The minimum absolute atomic E-state index is 0.0535. The molecule has 6 nitrogen and oxygen atoms in total. The normalized spacial score (nSPS) is 20.3. The van der Waals surface area contributed by atoms with Crippen LogP contribution in [0.15, 0.2) is 0 Å². The van der Waals surface area contributed by atoms with Gasteiger partial charge in [0.1, 0.15) is 12.1 Å². The molecule has 0 bridgehead atoms. The largest absolute Gasteiger partial charge is 0.352 e. The van der Waals surface area contributed by atoms with Crippen LogP contribution < -0.4 is 10.6 Å². The number of nitrogens with zero attached hydrogens (tertiary/aromatic N) is 1. The van der Waals surface area contributed by atoms with Gasteiger partial charge in [-0.05, 0) is 33.6 Å². The van der Waals surface area contributed by atoms with Crippen molar-refractivity contribution >= 4 is 17.7 Å². The molecule has 1 aliphatic heterocycles. The quantitative estimate of drug-likeness (QED) is 0.755. The van der Waals surface area contributed by atoms with Crippen LogP contribution in [0, 0.1) is 0 Å². The van der Waals surface area contributed by atoms with Crippen LogP contribution in [0.25, 0.3) is 0 Å². The highest BCUT2D eigenvalue weighted by Gasteiger charge is 2.36. The van der Waals surface area contributed by atoms with Crippen LogP contribution in [0.5, 0.6) is 0 Å². The number of likely N-dealkylation sites (tertiary alicyclic amines) is 1. The highest BCUT2D eigenvalue weighted by atomic mass is 16.2. The Bertz CT molecular complexity index is 368. The minimum Gasteiger partial charge on any atom is -0.352 e. The van der Waals surface area contributed by atoms with Crippen LogP contribution in [0.1, 0.15) is 40.5 Å². The average Bonchev–Trinajstić information content (AvgIpc) is 2.74. The van der Waals surface area contributed by atoms with Gasteiger partial charge in [0.15, 0.2) is 0 Å². The van der Waals surface area contributed by atoms with Gasteiger partial charge in [0, 0.05) is 19.5 Å². The summed E-state index contributed by atoms with van der Waals surface area (Å²) in [5, 5.41) is 5.39. The molecule has 6 heteroatoms.